The number of benzene rings is 2. The Kier molecular flexibility index (Phi) is 5.59. The lowest BCUT2D eigenvalue weighted by Gasteiger charge is -2.08. The molecule has 4 aromatic rings. The number of ether oxygens (including phenoxy) is 2. The van der Waals surface area contributed by atoms with Crippen LogP contribution in [0, 0.1) is 13.8 Å². The van der Waals surface area contributed by atoms with E-state index in [2.05, 4.69) is 15.5 Å². The molecular formula is C23H19N3O4S2. The number of fused-ring (bicyclic) bond motifs is 1. The van der Waals surface area contributed by atoms with Crippen molar-refractivity contribution >= 4 is 34.1 Å². The Labute approximate surface area is 192 Å². The first-order chi connectivity index (χ1) is 15.6. The maximum absolute atomic E-state index is 13.0. The molecule has 162 valence electrons. The van der Waals surface area contributed by atoms with Gasteiger partial charge in [0.1, 0.15) is 5.76 Å². The van der Waals surface area contributed by atoms with Gasteiger partial charge in [-0.25, -0.2) is 4.98 Å². The Morgan fingerprint density at radius 1 is 1.16 bits per heavy atom. The summed E-state index contributed by atoms with van der Waals surface area (Å²) in [6.07, 6.45) is 0. The van der Waals surface area contributed by atoms with Crippen LogP contribution in [0.4, 0.5) is 5.13 Å². The van der Waals surface area contributed by atoms with E-state index in [0.29, 0.717) is 22.2 Å². The van der Waals surface area contributed by atoms with Crippen LogP contribution in [0.2, 0.25) is 0 Å². The zero-order valence-corrected chi connectivity index (χ0v) is 19.0. The fourth-order valence-electron chi connectivity index (χ4n) is 3.32. The largest absolute Gasteiger partial charge is 0.454 e. The van der Waals surface area contributed by atoms with E-state index in [1.807, 2.05) is 61.7 Å². The van der Waals surface area contributed by atoms with Crippen LogP contribution in [0.3, 0.4) is 0 Å². The number of carbonyl (C=O) groups excluding carboxylic acids is 1. The molecule has 0 saturated carbocycles. The molecule has 0 radical (unpaired) electrons. The number of rotatable bonds is 6. The van der Waals surface area contributed by atoms with Gasteiger partial charge < -0.3 is 14.0 Å². The van der Waals surface area contributed by atoms with Crippen molar-refractivity contribution in [3.63, 3.8) is 0 Å². The van der Waals surface area contributed by atoms with Crippen LogP contribution in [0.1, 0.15) is 27.4 Å². The van der Waals surface area contributed by atoms with E-state index in [0.717, 1.165) is 38.9 Å². The lowest BCUT2D eigenvalue weighted by atomic mass is 10.1. The molecule has 7 nitrogen and oxygen atoms in total. The summed E-state index contributed by atoms with van der Waals surface area (Å²) in [7, 11) is 0. The number of carbonyl (C=O) groups is 1. The molecule has 5 rings (SSSR count). The molecule has 0 unspecified atom stereocenters. The number of anilines is 1. The number of hydrogen-bond acceptors (Lipinski definition) is 8. The van der Waals surface area contributed by atoms with Gasteiger partial charge in [-0.1, -0.05) is 17.3 Å². The summed E-state index contributed by atoms with van der Waals surface area (Å²) in [5.41, 5.74) is 4.20. The average molecular weight is 466 g/mol. The lowest BCUT2D eigenvalue weighted by molar-refractivity contribution is 0.102. The Morgan fingerprint density at radius 2 is 2.00 bits per heavy atom. The van der Waals surface area contributed by atoms with Crippen LogP contribution in [-0.2, 0) is 5.75 Å². The molecule has 0 saturated heterocycles. The number of hydrogen-bond donors (Lipinski definition) is 1. The van der Waals surface area contributed by atoms with Crippen molar-refractivity contribution in [2.75, 3.05) is 12.1 Å². The summed E-state index contributed by atoms with van der Waals surface area (Å²) in [6.45, 7) is 4.05. The minimum absolute atomic E-state index is 0.196. The number of thiazole rings is 1. The van der Waals surface area contributed by atoms with E-state index in [1.54, 1.807) is 11.8 Å². The Balaban J connectivity index is 1.31. The molecule has 3 heterocycles. The van der Waals surface area contributed by atoms with Gasteiger partial charge in [0, 0.05) is 27.2 Å². The first-order valence-corrected chi connectivity index (χ1v) is 11.8. The summed E-state index contributed by atoms with van der Waals surface area (Å²) < 4.78 is 16.0. The molecule has 0 aliphatic carbocycles. The van der Waals surface area contributed by atoms with Crippen LogP contribution in [-0.4, -0.2) is 22.8 Å². The number of aryl methyl sites for hydroxylation is 2. The number of aromatic nitrogens is 2. The van der Waals surface area contributed by atoms with Gasteiger partial charge in [0.2, 0.25) is 6.79 Å². The van der Waals surface area contributed by atoms with Gasteiger partial charge in [0.05, 0.1) is 17.0 Å². The van der Waals surface area contributed by atoms with Gasteiger partial charge in [0.25, 0.3) is 5.91 Å². The van der Waals surface area contributed by atoms with Crippen molar-refractivity contribution in [1.29, 1.82) is 0 Å². The fraction of sp³-hybridized carbons (Fsp3) is 0.174. The SMILES string of the molecule is Cc1noc(C)c1CSc1ccccc1C(=O)Nc1nc(-c2ccc3c(c2)OCO3)cs1. The fourth-order valence-corrected chi connectivity index (χ4v) is 5.24. The van der Waals surface area contributed by atoms with Gasteiger partial charge in [-0.3, -0.25) is 10.1 Å². The van der Waals surface area contributed by atoms with Crippen molar-refractivity contribution in [1.82, 2.24) is 10.1 Å². The maximum atomic E-state index is 13.0. The first kappa shape index (κ1) is 20.6. The predicted octanol–water partition coefficient (Wildman–Crippen LogP) is 5.69. The zero-order valence-electron chi connectivity index (χ0n) is 17.4. The van der Waals surface area contributed by atoms with Crippen molar-refractivity contribution < 1.29 is 18.8 Å². The standard InChI is InChI=1S/C23H19N3O4S2/c1-13-17(14(2)30-26-13)10-31-21-6-4-3-5-16(21)22(27)25-23-24-18(11-32-23)15-7-8-19-20(9-15)29-12-28-19/h3-9,11H,10,12H2,1-2H3,(H,24,25,27). The van der Waals surface area contributed by atoms with Crippen molar-refractivity contribution in [2.45, 2.75) is 24.5 Å². The van der Waals surface area contributed by atoms with E-state index in [9.17, 15) is 4.79 Å². The number of nitrogens with one attached hydrogen (secondary N) is 1. The van der Waals surface area contributed by atoms with E-state index in [-0.39, 0.29) is 12.7 Å². The summed E-state index contributed by atoms with van der Waals surface area (Å²) >= 11 is 2.96. The second-order valence-corrected chi connectivity index (χ2v) is 9.02. The molecule has 2 aromatic heterocycles. The van der Waals surface area contributed by atoms with E-state index >= 15 is 0 Å². The quantitative estimate of drug-likeness (QED) is 0.366. The highest BCUT2D eigenvalue weighted by atomic mass is 32.2. The average Bonchev–Trinajstić information content (AvgIpc) is 3.53. The van der Waals surface area contributed by atoms with Gasteiger partial charge in [-0.2, -0.15) is 0 Å². The summed E-state index contributed by atoms with van der Waals surface area (Å²) in [5.74, 6) is 2.71. The first-order valence-electron chi connectivity index (χ1n) is 9.89. The number of nitrogens with zero attached hydrogens (tertiary/aromatic N) is 2. The highest BCUT2D eigenvalue weighted by Crippen LogP contribution is 2.37. The molecule has 1 amide bonds. The Hall–Kier alpha value is -3.30. The van der Waals surface area contributed by atoms with E-state index < -0.39 is 0 Å². The Bertz CT molecular complexity index is 1280. The molecule has 32 heavy (non-hydrogen) atoms. The monoisotopic (exact) mass is 465 g/mol. The van der Waals surface area contributed by atoms with Crippen LogP contribution < -0.4 is 14.8 Å². The molecule has 1 N–H and O–H groups in total. The number of thioether (sulfide) groups is 1. The maximum Gasteiger partial charge on any atom is 0.258 e. The highest BCUT2D eigenvalue weighted by molar-refractivity contribution is 7.98. The predicted molar refractivity (Wildman–Crippen MR) is 124 cm³/mol. The molecule has 1 aliphatic rings. The molecule has 0 fully saturated rings. The lowest BCUT2D eigenvalue weighted by Crippen LogP contribution is -2.12. The minimum atomic E-state index is -0.196. The summed E-state index contributed by atoms with van der Waals surface area (Å²) in [5, 5.41) is 9.37. The third kappa shape index (κ3) is 4.09. The second-order valence-electron chi connectivity index (χ2n) is 7.15. The molecular weight excluding hydrogens is 446 g/mol. The van der Waals surface area contributed by atoms with E-state index in [4.69, 9.17) is 14.0 Å². The van der Waals surface area contributed by atoms with Gasteiger partial charge >= 0.3 is 0 Å². The van der Waals surface area contributed by atoms with E-state index in [1.165, 1.54) is 11.3 Å². The summed E-state index contributed by atoms with van der Waals surface area (Å²) in [6, 6.07) is 13.2. The van der Waals surface area contributed by atoms with Gasteiger partial charge in [-0.05, 0) is 44.2 Å². The summed E-state index contributed by atoms with van der Waals surface area (Å²) in [4.78, 5) is 18.5. The van der Waals surface area contributed by atoms with Crippen molar-refractivity contribution in [2.24, 2.45) is 0 Å². The Morgan fingerprint density at radius 3 is 2.84 bits per heavy atom. The van der Waals surface area contributed by atoms with Crippen molar-refractivity contribution in [3.05, 3.63) is 70.4 Å². The second kappa shape index (κ2) is 8.68. The van der Waals surface area contributed by atoms with Crippen LogP contribution in [0.5, 0.6) is 11.5 Å². The molecule has 1 aliphatic heterocycles. The van der Waals surface area contributed by atoms with Crippen LogP contribution in [0.25, 0.3) is 11.3 Å². The molecule has 0 spiro atoms. The zero-order chi connectivity index (χ0) is 22.1. The highest BCUT2D eigenvalue weighted by Gasteiger charge is 2.18. The molecule has 9 heteroatoms. The molecule has 0 atom stereocenters. The number of amides is 1. The van der Waals surface area contributed by atoms with Crippen LogP contribution in [0.15, 0.2) is 57.3 Å². The molecule has 2 aromatic carbocycles. The third-order valence-corrected chi connectivity index (χ3v) is 6.94. The normalized spacial score (nSPS) is 12.2. The van der Waals surface area contributed by atoms with Gasteiger partial charge in [-0.15, -0.1) is 23.1 Å². The third-order valence-electron chi connectivity index (χ3n) is 5.08. The van der Waals surface area contributed by atoms with Gasteiger partial charge in [0.15, 0.2) is 16.6 Å². The minimum Gasteiger partial charge on any atom is -0.454 e. The topological polar surface area (TPSA) is 86.5 Å². The van der Waals surface area contributed by atoms with Crippen LogP contribution >= 0.6 is 23.1 Å². The van der Waals surface area contributed by atoms with Crippen molar-refractivity contribution in [3.8, 4) is 22.8 Å². The smallest absolute Gasteiger partial charge is 0.258 e. The molecule has 0 bridgehead atoms.